The van der Waals surface area contributed by atoms with Crippen LogP contribution in [0, 0.1) is 0 Å². The van der Waals surface area contributed by atoms with Crippen molar-refractivity contribution in [1.29, 1.82) is 0 Å². The van der Waals surface area contributed by atoms with Crippen LogP contribution in [0.4, 0.5) is 4.79 Å². The van der Waals surface area contributed by atoms with Gasteiger partial charge in [0.05, 0.1) is 0 Å². The van der Waals surface area contributed by atoms with Crippen molar-refractivity contribution in [2.75, 3.05) is 0 Å². The number of imide groups is 2. The van der Waals surface area contributed by atoms with Gasteiger partial charge in [-0.3, -0.25) is 14.9 Å². The maximum absolute atomic E-state index is 11.2. The second kappa shape index (κ2) is 3.61. The van der Waals surface area contributed by atoms with Crippen molar-refractivity contribution < 1.29 is 14.4 Å². The summed E-state index contributed by atoms with van der Waals surface area (Å²) in [5.74, 6) is -1.64. The Morgan fingerprint density at radius 1 is 1.36 bits per heavy atom. The number of nitrogens with one attached hydrogen (secondary N) is 1. The lowest BCUT2D eigenvalue weighted by Gasteiger charge is -2.24. The average Bonchev–Trinajstić information content (AvgIpc) is 2.32. The van der Waals surface area contributed by atoms with Gasteiger partial charge in [-0.2, -0.15) is 4.31 Å². The number of carbonyl (C=O) groups excluding carboxylic acids is 3. The zero-order valence-electron chi connectivity index (χ0n) is 8.29. The summed E-state index contributed by atoms with van der Waals surface area (Å²) in [7, 11) is 0. The summed E-state index contributed by atoms with van der Waals surface area (Å²) in [6.45, 7) is 5.76. The fraction of sp³-hybridized carbons (Fsp3) is 0.625. The summed E-state index contributed by atoms with van der Waals surface area (Å²) in [4.78, 5) is 33.2. The third-order valence-electron chi connectivity index (χ3n) is 1.97. The Morgan fingerprint density at radius 3 is 2.29 bits per heavy atom. The van der Waals surface area contributed by atoms with E-state index in [1.807, 2.05) is 26.1 Å². The first-order valence-electron chi connectivity index (χ1n) is 4.26. The SMILES string of the molecule is CCC(C)(C)SN1C(=O)NC(=O)C1=O. The molecule has 14 heavy (non-hydrogen) atoms. The van der Waals surface area contributed by atoms with Crippen molar-refractivity contribution in [2.45, 2.75) is 31.9 Å². The lowest BCUT2D eigenvalue weighted by atomic mass is 10.1. The van der Waals surface area contributed by atoms with E-state index in [2.05, 4.69) is 0 Å². The third-order valence-corrected chi connectivity index (χ3v) is 3.27. The van der Waals surface area contributed by atoms with Crippen molar-refractivity contribution in [3.63, 3.8) is 0 Å². The van der Waals surface area contributed by atoms with Crippen LogP contribution in [0.25, 0.3) is 0 Å². The third kappa shape index (κ3) is 2.06. The molecule has 1 rings (SSSR count). The molecular weight excluding hydrogens is 204 g/mol. The molecule has 0 aromatic heterocycles. The van der Waals surface area contributed by atoms with E-state index in [-0.39, 0.29) is 4.75 Å². The number of hydrogen-bond donors (Lipinski definition) is 1. The highest BCUT2D eigenvalue weighted by Crippen LogP contribution is 2.32. The van der Waals surface area contributed by atoms with E-state index in [0.29, 0.717) is 0 Å². The van der Waals surface area contributed by atoms with Crippen LogP contribution in [0.3, 0.4) is 0 Å². The Labute approximate surface area is 86.3 Å². The molecule has 0 aliphatic carbocycles. The van der Waals surface area contributed by atoms with Crippen molar-refractivity contribution >= 4 is 29.8 Å². The predicted molar refractivity (Wildman–Crippen MR) is 52.3 cm³/mol. The molecule has 1 aliphatic heterocycles. The largest absolute Gasteiger partial charge is 0.341 e. The van der Waals surface area contributed by atoms with Crippen LogP contribution >= 0.6 is 11.9 Å². The van der Waals surface area contributed by atoms with Gasteiger partial charge in [0.1, 0.15) is 0 Å². The van der Waals surface area contributed by atoms with Gasteiger partial charge in [0.15, 0.2) is 0 Å². The number of hydrogen-bond acceptors (Lipinski definition) is 4. The fourth-order valence-corrected chi connectivity index (χ4v) is 1.70. The van der Waals surface area contributed by atoms with Gasteiger partial charge in [-0.25, -0.2) is 4.79 Å². The lowest BCUT2D eigenvalue weighted by Crippen LogP contribution is -2.30. The number of nitrogens with zero attached hydrogens (tertiary/aromatic N) is 1. The first-order valence-corrected chi connectivity index (χ1v) is 5.03. The molecule has 0 spiro atoms. The van der Waals surface area contributed by atoms with Crippen LogP contribution in [-0.2, 0) is 9.59 Å². The summed E-state index contributed by atoms with van der Waals surface area (Å²) in [5, 5.41) is 1.94. The summed E-state index contributed by atoms with van der Waals surface area (Å²) in [6, 6.07) is -0.647. The molecule has 1 heterocycles. The first-order chi connectivity index (χ1) is 6.37. The van der Waals surface area contributed by atoms with Crippen LogP contribution in [0.5, 0.6) is 0 Å². The first kappa shape index (κ1) is 11.0. The van der Waals surface area contributed by atoms with Gasteiger partial charge in [0, 0.05) is 4.75 Å². The van der Waals surface area contributed by atoms with Crippen molar-refractivity contribution in [3.05, 3.63) is 0 Å². The maximum atomic E-state index is 11.2. The number of urea groups is 1. The molecular formula is C8H12N2O3S. The topological polar surface area (TPSA) is 66.5 Å². The summed E-state index contributed by atoms with van der Waals surface area (Å²) in [6.07, 6.45) is 0.795. The molecule has 6 heteroatoms. The Morgan fingerprint density at radius 2 is 1.93 bits per heavy atom. The Hall–Kier alpha value is -1.04. The average molecular weight is 216 g/mol. The standard InChI is InChI=1S/C8H12N2O3S/c1-4-8(2,3)14-10-6(12)5(11)9-7(10)13/h4H2,1-3H3,(H,9,11,13). The molecule has 1 N–H and O–H groups in total. The van der Waals surface area contributed by atoms with Crippen LogP contribution in [0.2, 0.25) is 0 Å². The number of carbonyl (C=O) groups is 3. The van der Waals surface area contributed by atoms with E-state index in [9.17, 15) is 14.4 Å². The normalized spacial score (nSPS) is 17.6. The van der Waals surface area contributed by atoms with E-state index in [4.69, 9.17) is 0 Å². The van der Waals surface area contributed by atoms with Gasteiger partial charge >= 0.3 is 17.8 Å². The van der Waals surface area contributed by atoms with E-state index < -0.39 is 17.8 Å². The molecule has 0 radical (unpaired) electrons. The Bertz CT molecular complexity index is 301. The number of rotatable bonds is 3. The van der Waals surface area contributed by atoms with Crippen LogP contribution in [-0.4, -0.2) is 26.9 Å². The molecule has 1 aliphatic rings. The highest BCUT2D eigenvalue weighted by molar-refractivity contribution is 7.99. The minimum Gasteiger partial charge on any atom is -0.268 e. The van der Waals surface area contributed by atoms with Gasteiger partial charge in [0.25, 0.3) is 0 Å². The van der Waals surface area contributed by atoms with Crippen molar-refractivity contribution in [3.8, 4) is 0 Å². The molecule has 1 fully saturated rings. The van der Waals surface area contributed by atoms with E-state index in [1.54, 1.807) is 0 Å². The Kier molecular flexibility index (Phi) is 2.84. The predicted octanol–water partition coefficient (Wildman–Crippen LogP) is 0.902. The fourth-order valence-electron chi connectivity index (χ4n) is 0.780. The minimum atomic E-state index is -0.852. The van der Waals surface area contributed by atoms with Gasteiger partial charge in [-0.15, -0.1) is 0 Å². The highest BCUT2D eigenvalue weighted by atomic mass is 32.2. The van der Waals surface area contributed by atoms with E-state index in [1.165, 1.54) is 0 Å². The van der Waals surface area contributed by atoms with Gasteiger partial charge < -0.3 is 0 Å². The molecule has 0 aromatic rings. The quantitative estimate of drug-likeness (QED) is 0.432. The molecule has 5 nitrogen and oxygen atoms in total. The zero-order valence-corrected chi connectivity index (χ0v) is 9.10. The molecule has 0 unspecified atom stereocenters. The molecule has 0 atom stereocenters. The smallest absolute Gasteiger partial charge is 0.268 e. The summed E-state index contributed by atoms with van der Waals surface area (Å²) < 4.78 is 0.642. The van der Waals surface area contributed by atoms with Crippen LogP contribution < -0.4 is 5.32 Å². The monoisotopic (exact) mass is 216 g/mol. The summed E-state index contributed by atoms with van der Waals surface area (Å²) in [5.41, 5.74) is 0. The van der Waals surface area contributed by atoms with Gasteiger partial charge in [-0.05, 0) is 32.2 Å². The van der Waals surface area contributed by atoms with E-state index in [0.717, 1.165) is 22.7 Å². The molecule has 0 saturated carbocycles. The maximum Gasteiger partial charge on any atom is 0.341 e. The molecule has 0 bridgehead atoms. The zero-order chi connectivity index (χ0) is 10.9. The Balaban J connectivity index is 2.75. The minimum absolute atomic E-state index is 0.238. The van der Waals surface area contributed by atoms with Crippen LogP contribution in [0.15, 0.2) is 0 Å². The van der Waals surface area contributed by atoms with E-state index >= 15 is 0 Å². The van der Waals surface area contributed by atoms with Crippen molar-refractivity contribution in [1.82, 2.24) is 9.62 Å². The second-order valence-corrected chi connectivity index (χ2v) is 5.22. The number of amides is 4. The molecule has 1 saturated heterocycles. The van der Waals surface area contributed by atoms with Gasteiger partial charge in [-0.1, -0.05) is 6.92 Å². The van der Waals surface area contributed by atoms with Crippen LogP contribution in [0.1, 0.15) is 27.2 Å². The highest BCUT2D eigenvalue weighted by Gasteiger charge is 2.40. The lowest BCUT2D eigenvalue weighted by molar-refractivity contribution is -0.138. The molecule has 78 valence electrons. The van der Waals surface area contributed by atoms with Crippen molar-refractivity contribution in [2.24, 2.45) is 0 Å². The molecule has 0 aromatic carbocycles. The molecule has 4 amide bonds. The summed E-state index contributed by atoms with van der Waals surface area (Å²) >= 11 is 1.08. The second-order valence-electron chi connectivity index (χ2n) is 3.56. The van der Waals surface area contributed by atoms with Gasteiger partial charge in [0.2, 0.25) is 0 Å².